The van der Waals surface area contributed by atoms with Gasteiger partial charge in [-0.05, 0) is 56.6 Å². The molecule has 0 saturated carbocycles. The van der Waals surface area contributed by atoms with Crippen molar-refractivity contribution in [3.63, 3.8) is 0 Å². The Morgan fingerprint density at radius 1 is 1.32 bits per heavy atom. The molecule has 1 amide bonds. The Kier molecular flexibility index (Phi) is 8.61. The number of ether oxygens (including phenoxy) is 1. The van der Waals surface area contributed by atoms with Gasteiger partial charge >= 0.3 is 0 Å². The molecule has 1 aliphatic rings. The van der Waals surface area contributed by atoms with Crippen LogP contribution in [-0.4, -0.2) is 44.1 Å². The van der Waals surface area contributed by atoms with Gasteiger partial charge in [-0.1, -0.05) is 11.6 Å². The number of rotatable bonds is 6. The van der Waals surface area contributed by atoms with E-state index in [1.54, 1.807) is 12.1 Å². The number of benzene rings is 1. The third kappa shape index (κ3) is 6.03. The second-order valence-electron chi connectivity index (χ2n) is 5.43. The lowest BCUT2D eigenvalue weighted by molar-refractivity contribution is -0.133. The number of amides is 1. The molecule has 2 rings (SSSR count). The van der Waals surface area contributed by atoms with Crippen molar-refractivity contribution in [2.45, 2.75) is 19.3 Å². The van der Waals surface area contributed by atoms with Crippen LogP contribution in [0.25, 0.3) is 0 Å². The van der Waals surface area contributed by atoms with Crippen molar-refractivity contribution < 1.29 is 9.53 Å². The molecular weight excluding hydrogens is 323 g/mol. The first kappa shape index (κ1) is 19.1. The topological polar surface area (TPSA) is 41.6 Å². The van der Waals surface area contributed by atoms with Crippen molar-refractivity contribution in [1.29, 1.82) is 0 Å². The summed E-state index contributed by atoms with van der Waals surface area (Å²) in [5.74, 6) is 1.64. The van der Waals surface area contributed by atoms with E-state index < -0.39 is 0 Å². The van der Waals surface area contributed by atoms with Crippen LogP contribution in [0, 0.1) is 5.92 Å². The molecule has 0 bridgehead atoms. The standard InChI is InChI=1S/C16H23ClN2O2.ClH/c1-18-12-13-6-9-19(10-7-13)16(20)8-11-21-15-4-2-14(17)3-5-15;/h2-5,13,18H,6-12H2,1H3;1H. The molecule has 1 aromatic carbocycles. The number of carbonyl (C=O) groups excluding carboxylic acids is 1. The van der Waals surface area contributed by atoms with Crippen molar-refractivity contribution in [3.05, 3.63) is 29.3 Å². The van der Waals surface area contributed by atoms with E-state index in [0.717, 1.165) is 38.2 Å². The summed E-state index contributed by atoms with van der Waals surface area (Å²) in [6.07, 6.45) is 2.61. The van der Waals surface area contributed by atoms with Crippen molar-refractivity contribution >= 4 is 29.9 Å². The summed E-state index contributed by atoms with van der Waals surface area (Å²) in [6.45, 7) is 3.19. The van der Waals surface area contributed by atoms with Gasteiger partial charge in [-0.25, -0.2) is 0 Å². The maximum absolute atomic E-state index is 12.1. The summed E-state index contributed by atoms with van der Waals surface area (Å²) in [5.41, 5.74) is 0. The molecule has 22 heavy (non-hydrogen) atoms. The number of piperidine rings is 1. The fraction of sp³-hybridized carbons (Fsp3) is 0.562. The molecule has 0 unspecified atom stereocenters. The summed E-state index contributed by atoms with van der Waals surface area (Å²) >= 11 is 5.81. The predicted molar refractivity (Wildman–Crippen MR) is 92.0 cm³/mol. The average molecular weight is 347 g/mol. The Labute approximate surface area is 143 Å². The number of hydrogen-bond acceptors (Lipinski definition) is 3. The fourth-order valence-corrected chi connectivity index (χ4v) is 2.75. The summed E-state index contributed by atoms with van der Waals surface area (Å²) in [7, 11) is 1.98. The number of hydrogen-bond donors (Lipinski definition) is 1. The van der Waals surface area contributed by atoms with E-state index in [4.69, 9.17) is 16.3 Å². The summed E-state index contributed by atoms with van der Waals surface area (Å²) in [5, 5.41) is 3.89. The summed E-state index contributed by atoms with van der Waals surface area (Å²) < 4.78 is 5.57. The van der Waals surface area contributed by atoms with E-state index >= 15 is 0 Å². The second-order valence-corrected chi connectivity index (χ2v) is 5.87. The van der Waals surface area contributed by atoms with Gasteiger partial charge in [-0.3, -0.25) is 4.79 Å². The van der Waals surface area contributed by atoms with Gasteiger partial charge in [0.25, 0.3) is 0 Å². The molecule has 1 heterocycles. The molecule has 1 aromatic rings. The highest BCUT2D eigenvalue weighted by molar-refractivity contribution is 6.30. The average Bonchev–Trinajstić information content (AvgIpc) is 2.50. The van der Waals surface area contributed by atoms with Crippen LogP contribution in [0.15, 0.2) is 24.3 Å². The van der Waals surface area contributed by atoms with Gasteiger partial charge in [0.05, 0.1) is 13.0 Å². The SMILES string of the molecule is CNCC1CCN(C(=O)CCOc2ccc(Cl)cc2)CC1.Cl. The first-order valence-corrected chi connectivity index (χ1v) is 7.87. The number of carbonyl (C=O) groups is 1. The Morgan fingerprint density at radius 3 is 2.55 bits per heavy atom. The van der Waals surface area contributed by atoms with E-state index in [0.29, 0.717) is 24.0 Å². The maximum atomic E-state index is 12.1. The van der Waals surface area contributed by atoms with Crippen molar-refractivity contribution in [2.75, 3.05) is 33.3 Å². The van der Waals surface area contributed by atoms with Gasteiger partial charge < -0.3 is 15.0 Å². The third-order valence-electron chi connectivity index (χ3n) is 3.86. The van der Waals surface area contributed by atoms with Crippen LogP contribution in [0.3, 0.4) is 0 Å². The molecule has 4 nitrogen and oxygen atoms in total. The zero-order chi connectivity index (χ0) is 15.1. The maximum Gasteiger partial charge on any atom is 0.225 e. The molecule has 1 aliphatic heterocycles. The van der Waals surface area contributed by atoms with Gasteiger partial charge in [0.2, 0.25) is 5.91 Å². The van der Waals surface area contributed by atoms with Crippen LogP contribution in [0.1, 0.15) is 19.3 Å². The van der Waals surface area contributed by atoms with Crippen molar-refractivity contribution in [1.82, 2.24) is 10.2 Å². The van der Waals surface area contributed by atoms with E-state index in [-0.39, 0.29) is 18.3 Å². The molecule has 0 spiro atoms. The predicted octanol–water partition coefficient (Wildman–Crippen LogP) is 2.99. The third-order valence-corrected chi connectivity index (χ3v) is 4.11. The van der Waals surface area contributed by atoms with Crippen molar-refractivity contribution in [2.24, 2.45) is 5.92 Å². The van der Waals surface area contributed by atoms with Crippen LogP contribution in [-0.2, 0) is 4.79 Å². The van der Waals surface area contributed by atoms with E-state index in [2.05, 4.69) is 5.32 Å². The molecule has 0 atom stereocenters. The van der Waals surface area contributed by atoms with E-state index in [1.807, 2.05) is 24.1 Å². The Bertz CT molecular complexity index is 446. The number of nitrogens with zero attached hydrogens (tertiary/aromatic N) is 1. The monoisotopic (exact) mass is 346 g/mol. The molecule has 1 saturated heterocycles. The first-order chi connectivity index (χ1) is 10.2. The second kappa shape index (κ2) is 9.93. The number of nitrogens with one attached hydrogen (secondary N) is 1. The van der Waals surface area contributed by atoms with Crippen LogP contribution in [0.2, 0.25) is 5.02 Å². The zero-order valence-electron chi connectivity index (χ0n) is 12.9. The van der Waals surface area contributed by atoms with E-state index in [1.165, 1.54) is 0 Å². The minimum absolute atomic E-state index is 0. The minimum Gasteiger partial charge on any atom is -0.493 e. The molecule has 1 N–H and O–H groups in total. The van der Waals surface area contributed by atoms with Crippen molar-refractivity contribution in [3.8, 4) is 5.75 Å². The smallest absolute Gasteiger partial charge is 0.225 e. The van der Waals surface area contributed by atoms with Gasteiger partial charge in [-0.2, -0.15) is 0 Å². The highest BCUT2D eigenvalue weighted by Crippen LogP contribution is 2.18. The van der Waals surface area contributed by atoms with E-state index in [9.17, 15) is 4.79 Å². The molecule has 6 heteroatoms. The lowest BCUT2D eigenvalue weighted by atomic mass is 9.97. The number of likely N-dealkylation sites (tertiary alicyclic amines) is 1. The fourth-order valence-electron chi connectivity index (χ4n) is 2.62. The quantitative estimate of drug-likeness (QED) is 0.860. The summed E-state index contributed by atoms with van der Waals surface area (Å²) in [4.78, 5) is 14.1. The molecule has 0 aromatic heterocycles. The number of halogens is 2. The Balaban J connectivity index is 0.00000242. The minimum atomic E-state index is 0. The lowest BCUT2D eigenvalue weighted by Gasteiger charge is -2.32. The molecule has 0 radical (unpaired) electrons. The van der Waals surface area contributed by atoms with Crippen LogP contribution in [0.4, 0.5) is 0 Å². The van der Waals surface area contributed by atoms with Gasteiger partial charge in [0.15, 0.2) is 0 Å². The highest BCUT2D eigenvalue weighted by atomic mass is 35.5. The van der Waals surface area contributed by atoms with Gasteiger partial charge in [0, 0.05) is 18.1 Å². The van der Waals surface area contributed by atoms with Crippen LogP contribution in [0.5, 0.6) is 5.75 Å². The Morgan fingerprint density at radius 2 is 1.95 bits per heavy atom. The molecular formula is C16H24Cl2N2O2. The van der Waals surface area contributed by atoms with Crippen LogP contribution < -0.4 is 10.1 Å². The van der Waals surface area contributed by atoms with Gasteiger partial charge in [0.1, 0.15) is 5.75 Å². The summed E-state index contributed by atoms with van der Waals surface area (Å²) in [6, 6.07) is 7.20. The molecule has 124 valence electrons. The molecule has 0 aliphatic carbocycles. The molecule has 1 fully saturated rings. The first-order valence-electron chi connectivity index (χ1n) is 7.50. The highest BCUT2D eigenvalue weighted by Gasteiger charge is 2.21. The normalized spacial score (nSPS) is 15.3. The van der Waals surface area contributed by atoms with Gasteiger partial charge in [-0.15, -0.1) is 12.4 Å². The Hall–Kier alpha value is -0.970. The van der Waals surface area contributed by atoms with Crippen LogP contribution >= 0.6 is 24.0 Å². The lowest BCUT2D eigenvalue weighted by Crippen LogP contribution is -2.40. The largest absolute Gasteiger partial charge is 0.493 e. The zero-order valence-corrected chi connectivity index (χ0v) is 14.5.